The number of benzene rings is 2. The highest BCUT2D eigenvalue weighted by Gasteiger charge is 2.13. The van der Waals surface area contributed by atoms with Gasteiger partial charge in [0.1, 0.15) is 5.75 Å². The van der Waals surface area contributed by atoms with Gasteiger partial charge in [-0.1, -0.05) is 12.1 Å². The van der Waals surface area contributed by atoms with Gasteiger partial charge in [-0.2, -0.15) is 5.10 Å². The first-order valence-corrected chi connectivity index (χ1v) is 8.41. The SMILES string of the molecule is COc1ccc(NC(=O)Nc2[nH]nc3ncc(-c4ccc(N)cc4)nc23)cc1. The molecule has 5 N–H and O–H groups in total. The zero-order valence-corrected chi connectivity index (χ0v) is 14.9. The van der Waals surface area contributed by atoms with Crippen LogP contribution in [0.3, 0.4) is 0 Å². The number of nitrogens with zero attached hydrogens (tertiary/aromatic N) is 3. The number of H-pyrrole nitrogens is 1. The Hall–Kier alpha value is -4.14. The topological polar surface area (TPSA) is 131 Å². The minimum atomic E-state index is -0.435. The van der Waals surface area contributed by atoms with Gasteiger partial charge < -0.3 is 15.8 Å². The molecule has 0 saturated carbocycles. The van der Waals surface area contributed by atoms with Crippen LogP contribution in [0.1, 0.15) is 0 Å². The number of aromatic nitrogens is 4. The molecule has 2 aromatic carbocycles. The van der Waals surface area contributed by atoms with Crippen LogP contribution in [0.25, 0.3) is 22.4 Å². The van der Waals surface area contributed by atoms with E-state index < -0.39 is 6.03 Å². The molecule has 0 aliphatic carbocycles. The number of nitrogen functional groups attached to an aromatic ring is 1. The fourth-order valence-corrected chi connectivity index (χ4v) is 2.62. The summed E-state index contributed by atoms with van der Waals surface area (Å²) < 4.78 is 5.10. The lowest BCUT2D eigenvalue weighted by atomic mass is 10.1. The maximum atomic E-state index is 12.3. The van der Waals surface area contributed by atoms with Crippen LogP contribution in [0.15, 0.2) is 54.7 Å². The molecule has 0 bridgehead atoms. The molecule has 0 fully saturated rings. The smallest absolute Gasteiger partial charge is 0.324 e. The van der Waals surface area contributed by atoms with Crippen molar-refractivity contribution in [2.75, 3.05) is 23.5 Å². The fourth-order valence-electron chi connectivity index (χ4n) is 2.62. The highest BCUT2D eigenvalue weighted by Crippen LogP contribution is 2.23. The third-order valence-electron chi connectivity index (χ3n) is 4.06. The maximum Gasteiger partial charge on any atom is 0.324 e. The summed E-state index contributed by atoms with van der Waals surface area (Å²) in [5.41, 5.74) is 9.38. The summed E-state index contributed by atoms with van der Waals surface area (Å²) in [5.74, 6) is 1.06. The standard InChI is InChI=1S/C19H17N7O2/c1-28-14-8-6-13(7-9-14)22-19(27)24-18-16-17(25-26-18)21-10-15(23-16)11-2-4-12(20)5-3-11/h2-10H,20H2,1H3,(H3,21,22,24,25,26,27). The molecular formula is C19H17N7O2. The predicted octanol–water partition coefficient (Wildman–Crippen LogP) is 3.25. The van der Waals surface area contributed by atoms with Gasteiger partial charge in [0.2, 0.25) is 5.65 Å². The van der Waals surface area contributed by atoms with Gasteiger partial charge in [-0.3, -0.25) is 10.4 Å². The number of methoxy groups -OCH3 is 1. The van der Waals surface area contributed by atoms with Gasteiger partial charge in [-0.15, -0.1) is 0 Å². The number of nitrogens with one attached hydrogen (secondary N) is 3. The quantitative estimate of drug-likeness (QED) is 0.405. The summed E-state index contributed by atoms with van der Waals surface area (Å²) in [6, 6.07) is 13.8. The first kappa shape index (κ1) is 17.3. The van der Waals surface area contributed by atoms with Crippen molar-refractivity contribution in [2.24, 2.45) is 0 Å². The van der Waals surface area contributed by atoms with Gasteiger partial charge in [0.15, 0.2) is 11.3 Å². The van der Waals surface area contributed by atoms with Gasteiger partial charge in [0, 0.05) is 16.9 Å². The summed E-state index contributed by atoms with van der Waals surface area (Å²) >= 11 is 0. The highest BCUT2D eigenvalue weighted by molar-refractivity contribution is 6.03. The molecule has 2 amide bonds. The summed E-state index contributed by atoms with van der Waals surface area (Å²) in [7, 11) is 1.58. The number of nitrogens with two attached hydrogens (primary N) is 1. The Morgan fingerprint density at radius 3 is 2.54 bits per heavy atom. The van der Waals surface area contributed by atoms with Crippen LogP contribution in [-0.4, -0.2) is 33.3 Å². The molecule has 2 heterocycles. The van der Waals surface area contributed by atoms with Crippen molar-refractivity contribution in [3.63, 3.8) is 0 Å². The molecule has 0 aliphatic rings. The molecule has 4 rings (SSSR count). The fraction of sp³-hybridized carbons (Fsp3) is 0.0526. The molecule has 4 aromatic rings. The molecule has 0 saturated heterocycles. The number of fused-ring (bicyclic) bond motifs is 1. The summed E-state index contributed by atoms with van der Waals surface area (Å²) in [5, 5.41) is 12.3. The van der Waals surface area contributed by atoms with Gasteiger partial charge >= 0.3 is 6.03 Å². The minimum absolute atomic E-state index is 0.353. The van der Waals surface area contributed by atoms with Crippen LogP contribution in [0.2, 0.25) is 0 Å². The number of carbonyl (C=O) groups excluding carboxylic acids is 1. The van der Waals surface area contributed by atoms with E-state index in [0.717, 1.165) is 5.56 Å². The van der Waals surface area contributed by atoms with Crippen molar-refractivity contribution in [3.8, 4) is 17.0 Å². The minimum Gasteiger partial charge on any atom is -0.497 e. The van der Waals surface area contributed by atoms with Crippen LogP contribution in [0, 0.1) is 0 Å². The number of anilines is 3. The molecule has 0 spiro atoms. The molecule has 0 atom stereocenters. The molecule has 9 heteroatoms. The van der Waals surface area contributed by atoms with Crippen LogP contribution in [-0.2, 0) is 0 Å². The Morgan fingerprint density at radius 2 is 1.82 bits per heavy atom. The molecule has 0 unspecified atom stereocenters. The van der Waals surface area contributed by atoms with E-state index >= 15 is 0 Å². The summed E-state index contributed by atoms with van der Waals surface area (Å²) in [6.07, 6.45) is 1.62. The zero-order valence-electron chi connectivity index (χ0n) is 14.9. The third-order valence-corrected chi connectivity index (χ3v) is 4.06. The number of urea groups is 1. The van der Waals surface area contributed by atoms with Gasteiger partial charge in [0.25, 0.3) is 0 Å². The lowest BCUT2D eigenvalue weighted by Gasteiger charge is -2.07. The Labute approximate surface area is 160 Å². The lowest BCUT2D eigenvalue weighted by molar-refractivity contribution is 0.262. The van der Waals surface area contributed by atoms with Gasteiger partial charge in [-0.25, -0.2) is 14.8 Å². The van der Waals surface area contributed by atoms with Crippen molar-refractivity contribution < 1.29 is 9.53 Å². The van der Waals surface area contributed by atoms with Crippen molar-refractivity contribution in [1.29, 1.82) is 0 Å². The van der Waals surface area contributed by atoms with E-state index in [0.29, 0.717) is 39.8 Å². The molecule has 9 nitrogen and oxygen atoms in total. The number of aromatic amines is 1. The number of ether oxygens (including phenoxy) is 1. The van der Waals surface area contributed by atoms with Gasteiger partial charge in [-0.05, 0) is 36.4 Å². The molecule has 140 valence electrons. The van der Waals surface area contributed by atoms with Crippen molar-refractivity contribution >= 4 is 34.4 Å². The van der Waals surface area contributed by atoms with Crippen molar-refractivity contribution in [3.05, 3.63) is 54.7 Å². The molecular weight excluding hydrogens is 358 g/mol. The van der Waals surface area contributed by atoms with E-state index in [1.165, 1.54) is 0 Å². The average molecular weight is 375 g/mol. The van der Waals surface area contributed by atoms with Gasteiger partial charge in [0.05, 0.1) is 19.0 Å². The van der Waals surface area contributed by atoms with Crippen LogP contribution in [0.5, 0.6) is 5.75 Å². The van der Waals surface area contributed by atoms with E-state index in [-0.39, 0.29) is 0 Å². The van der Waals surface area contributed by atoms with E-state index in [2.05, 4.69) is 30.8 Å². The largest absolute Gasteiger partial charge is 0.497 e. The van der Waals surface area contributed by atoms with E-state index in [1.807, 2.05) is 12.1 Å². The first-order chi connectivity index (χ1) is 13.6. The molecule has 28 heavy (non-hydrogen) atoms. The number of amides is 2. The lowest BCUT2D eigenvalue weighted by Crippen LogP contribution is -2.19. The number of carbonyl (C=O) groups is 1. The van der Waals surface area contributed by atoms with Crippen LogP contribution in [0.4, 0.5) is 22.0 Å². The zero-order chi connectivity index (χ0) is 19.5. The monoisotopic (exact) mass is 375 g/mol. The molecule has 0 radical (unpaired) electrons. The molecule has 0 aliphatic heterocycles. The second-order valence-corrected chi connectivity index (χ2v) is 5.96. The molecule has 2 aromatic heterocycles. The Balaban J connectivity index is 1.55. The maximum absolute atomic E-state index is 12.3. The second-order valence-electron chi connectivity index (χ2n) is 5.96. The summed E-state index contributed by atoms with van der Waals surface area (Å²) in [4.78, 5) is 21.2. The Bertz CT molecular complexity index is 1120. The second kappa shape index (κ2) is 7.23. The highest BCUT2D eigenvalue weighted by atomic mass is 16.5. The van der Waals surface area contributed by atoms with E-state index in [4.69, 9.17) is 10.5 Å². The number of hydrogen-bond acceptors (Lipinski definition) is 6. The third kappa shape index (κ3) is 3.54. The average Bonchev–Trinajstić information content (AvgIpc) is 3.11. The van der Waals surface area contributed by atoms with Crippen LogP contribution < -0.4 is 21.1 Å². The summed E-state index contributed by atoms with van der Waals surface area (Å²) in [6.45, 7) is 0. The van der Waals surface area contributed by atoms with E-state index in [9.17, 15) is 4.79 Å². The van der Waals surface area contributed by atoms with Crippen molar-refractivity contribution in [1.82, 2.24) is 20.2 Å². The Kier molecular flexibility index (Phi) is 4.47. The predicted molar refractivity (Wildman–Crippen MR) is 107 cm³/mol. The number of rotatable bonds is 4. The van der Waals surface area contributed by atoms with Crippen LogP contribution >= 0.6 is 0 Å². The number of hydrogen-bond donors (Lipinski definition) is 4. The Morgan fingerprint density at radius 1 is 1.07 bits per heavy atom. The van der Waals surface area contributed by atoms with E-state index in [1.54, 1.807) is 49.7 Å². The first-order valence-electron chi connectivity index (χ1n) is 8.41. The van der Waals surface area contributed by atoms with Crippen molar-refractivity contribution in [2.45, 2.75) is 0 Å². The normalized spacial score (nSPS) is 10.6.